The van der Waals surface area contributed by atoms with Gasteiger partial charge in [0.15, 0.2) is 0 Å². The van der Waals surface area contributed by atoms with Crippen LogP contribution in [0.3, 0.4) is 0 Å². The van der Waals surface area contributed by atoms with Crippen molar-refractivity contribution in [2.75, 3.05) is 17.2 Å². The summed E-state index contributed by atoms with van der Waals surface area (Å²) < 4.78 is 0. The Balaban J connectivity index is 2.22. The maximum Gasteiger partial charge on any atom is 0.0470 e. The summed E-state index contributed by atoms with van der Waals surface area (Å²) >= 11 is 12.2. The first-order chi connectivity index (χ1) is 9.60. The van der Waals surface area contributed by atoms with Crippen molar-refractivity contribution in [1.29, 1.82) is 0 Å². The summed E-state index contributed by atoms with van der Waals surface area (Å²) in [5.74, 6) is 0. The average Bonchev–Trinajstić information content (AvgIpc) is 2.42. The van der Waals surface area contributed by atoms with Gasteiger partial charge in [0, 0.05) is 34.5 Å². The van der Waals surface area contributed by atoms with Crippen LogP contribution in [0, 0.1) is 0 Å². The van der Waals surface area contributed by atoms with Gasteiger partial charge in [0.2, 0.25) is 0 Å². The number of nitrogens with two attached hydrogens (primary N) is 1. The normalized spacial score (nSPS) is 10.6. The van der Waals surface area contributed by atoms with E-state index in [1.165, 1.54) is 0 Å². The van der Waals surface area contributed by atoms with E-state index in [9.17, 15) is 0 Å². The molecular weight excluding hydrogens is 291 g/mol. The minimum atomic E-state index is 0.660. The molecule has 106 valence electrons. The van der Waals surface area contributed by atoms with Gasteiger partial charge in [-0.3, -0.25) is 0 Å². The van der Waals surface area contributed by atoms with Crippen LogP contribution in [-0.4, -0.2) is 6.54 Å². The zero-order valence-corrected chi connectivity index (χ0v) is 13.0. The number of anilines is 2. The van der Waals surface area contributed by atoms with Gasteiger partial charge in [0.05, 0.1) is 0 Å². The first-order valence-electron chi connectivity index (χ1n) is 6.64. The Morgan fingerprint density at radius 2 is 1.75 bits per heavy atom. The molecule has 0 saturated carbocycles. The molecule has 0 bridgehead atoms. The minimum absolute atomic E-state index is 0.660. The van der Waals surface area contributed by atoms with E-state index >= 15 is 0 Å². The molecule has 0 fully saturated rings. The third-order valence-electron chi connectivity index (χ3n) is 3.13. The Labute approximate surface area is 130 Å². The van der Waals surface area contributed by atoms with Crippen LogP contribution in [0.5, 0.6) is 0 Å². The van der Waals surface area contributed by atoms with Crippen molar-refractivity contribution in [1.82, 2.24) is 0 Å². The molecule has 0 heterocycles. The van der Waals surface area contributed by atoms with Crippen molar-refractivity contribution in [2.24, 2.45) is 0 Å². The minimum Gasteiger partial charge on any atom is -0.399 e. The van der Waals surface area contributed by atoms with Crippen LogP contribution in [0.2, 0.25) is 10.0 Å². The van der Waals surface area contributed by atoms with Crippen LogP contribution in [0.15, 0.2) is 42.5 Å². The molecule has 0 saturated heterocycles. The monoisotopic (exact) mass is 308 g/mol. The van der Waals surface area contributed by atoms with Gasteiger partial charge in [0.1, 0.15) is 0 Å². The molecule has 0 radical (unpaired) electrons. The second-order valence-electron chi connectivity index (χ2n) is 4.75. The third-order valence-corrected chi connectivity index (χ3v) is 3.72. The van der Waals surface area contributed by atoms with E-state index < -0.39 is 0 Å². The molecule has 0 aliphatic carbocycles. The van der Waals surface area contributed by atoms with E-state index in [-0.39, 0.29) is 0 Å². The fourth-order valence-corrected chi connectivity index (χ4v) is 2.58. The number of rotatable bonds is 5. The summed E-state index contributed by atoms with van der Waals surface area (Å²) in [6, 6.07) is 13.5. The summed E-state index contributed by atoms with van der Waals surface area (Å²) in [6.45, 7) is 3.88. The van der Waals surface area contributed by atoms with E-state index in [0.717, 1.165) is 36.4 Å². The zero-order chi connectivity index (χ0) is 14.5. The summed E-state index contributed by atoms with van der Waals surface area (Å²) in [5.41, 5.74) is 8.73. The summed E-state index contributed by atoms with van der Waals surface area (Å²) in [4.78, 5) is 2.29. The Kier molecular flexibility index (Phi) is 5.16. The maximum absolute atomic E-state index is 6.26. The number of halogens is 2. The molecule has 2 aromatic carbocycles. The number of nitrogens with zero attached hydrogens (tertiary/aromatic N) is 1. The Bertz CT molecular complexity index is 567. The van der Waals surface area contributed by atoms with Gasteiger partial charge in [-0.2, -0.15) is 0 Å². The molecule has 4 heteroatoms. The molecule has 0 amide bonds. The molecule has 0 aliphatic heterocycles. The molecule has 2 aromatic rings. The van der Waals surface area contributed by atoms with Crippen LogP contribution >= 0.6 is 23.2 Å². The van der Waals surface area contributed by atoms with E-state index in [1.807, 2.05) is 36.4 Å². The van der Waals surface area contributed by atoms with E-state index in [0.29, 0.717) is 10.0 Å². The van der Waals surface area contributed by atoms with Crippen molar-refractivity contribution in [2.45, 2.75) is 19.9 Å². The highest BCUT2D eigenvalue weighted by Crippen LogP contribution is 2.25. The van der Waals surface area contributed by atoms with Gasteiger partial charge in [-0.1, -0.05) is 36.2 Å². The van der Waals surface area contributed by atoms with Crippen molar-refractivity contribution in [3.8, 4) is 0 Å². The Morgan fingerprint density at radius 1 is 1.05 bits per heavy atom. The lowest BCUT2D eigenvalue weighted by Gasteiger charge is -2.25. The second kappa shape index (κ2) is 6.87. The summed E-state index contributed by atoms with van der Waals surface area (Å²) in [6.07, 6.45) is 1.07. The Morgan fingerprint density at radius 3 is 2.35 bits per heavy atom. The first-order valence-corrected chi connectivity index (χ1v) is 7.40. The van der Waals surface area contributed by atoms with Crippen LogP contribution in [0.25, 0.3) is 0 Å². The molecule has 20 heavy (non-hydrogen) atoms. The van der Waals surface area contributed by atoms with Crippen LogP contribution in [0.1, 0.15) is 18.9 Å². The molecule has 0 atom stereocenters. The van der Waals surface area contributed by atoms with Gasteiger partial charge in [0.25, 0.3) is 0 Å². The predicted molar refractivity (Wildman–Crippen MR) is 88.7 cm³/mol. The van der Waals surface area contributed by atoms with Gasteiger partial charge in [-0.15, -0.1) is 0 Å². The SMILES string of the molecule is CCCN(Cc1ccc(Cl)cc1Cl)c1ccc(N)cc1. The number of hydrogen-bond donors (Lipinski definition) is 1. The molecule has 0 aromatic heterocycles. The highest BCUT2D eigenvalue weighted by Gasteiger charge is 2.09. The standard InChI is InChI=1S/C16H18Cl2N2/c1-2-9-20(15-7-5-14(19)6-8-15)11-12-3-4-13(17)10-16(12)18/h3-8,10H,2,9,11,19H2,1H3. The lowest BCUT2D eigenvalue weighted by Crippen LogP contribution is -2.23. The molecular formula is C16H18Cl2N2. The highest BCUT2D eigenvalue weighted by molar-refractivity contribution is 6.35. The summed E-state index contributed by atoms with van der Waals surface area (Å²) in [5, 5.41) is 1.36. The molecule has 0 unspecified atom stereocenters. The van der Waals surface area contributed by atoms with Gasteiger partial charge < -0.3 is 10.6 Å². The number of hydrogen-bond acceptors (Lipinski definition) is 2. The first kappa shape index (κ1) is 15.0. The van der Waals surface area contributed by atoms with Crippen LogP contribution in [-0.2, 0) is 6.54 Å². The summed E-state index contributed by atoms with van der Waals surface area (Å²) in [7, 11) is 0. The lowest BCUT2D eigenvalue weighted by atomic mass is 10.2. The van der Waals surface area contributed by atoms with Crippen molar-refractivity contribution in [3.05, 3.63) is 58.1 Å². The largest absolute Gasteiger partial charge is 0.399 e. The topological polar surface area (TPSA) is 29.3 Å². The van der Waals surface area contributed by atoms with Crippen LogP contribution in [0.4, 0.5) is 11.4 Å². The lowest BCUT2D eigenvalue weighted by molar-refractivity contribution is 0.767. The van der Waals surface area contributed by atoms with E-state index in [2.05, 4.69) is 11.8 Å². The second-order valence-corrected chi connectivity index (χ2v) is 5.59. The highest BCUT2D eigenvalue weighted by atomic mass is 35.5. The maximum atomic E-state index is 6.26. The zero-order valence-electron chi connectivity index (χ0n) is 11.4. The van der Waals surface area contributed by atoms with Crippen molar-refractivity contribution >= 4 is 34.6 Å². The fourth-order valence-electron chi connectivity index (χ4n) is 2.11. The number of benzene rings is 2. The van der Waals surface area contributed by atoms with Gasteiger partial charge in [-0.05, 0) is 48.4 Å². The number of nitrogen functional groups attached to an aromatic ring is 1. The smallest absolute Gasteiger partial charge is 0.0470 e. The molecule has 2 nitrogen and oxygen atoms in total. The average molecular weight is 309 g/mol. The predicted octanol–water partition coefficient (Wildman–Crippen LogP) is 4.99. The fraction of sp³-hybridized carbons (Fsp3) is 0.250. The molecule has 0 spiro atoms. The molecule has 2 N–H and O–H groups in total. The quantitative estimate of drug-likeness (QED) is 0.788. The molecule has 2 rings (SSSR count). The van der Waals surface area contributed by atoms with Gasteiger partial charge >= 0.3 is 0 Å². The Hall–Kier alpha value is -1.38. The van der Waals surface area contributed by atoms with Crippen LogP contribution < -0.4 is 10.6 Å². The van der Waals surface area contributed by atoms with E-state index in [1.54, 1.807) is 6.07 Å². The van der Waals surface area contributed by atoms with Crippen molar-refractivity contribution < 1.29 is 0 Å². The van der Waals surface area contributed by atoms with Gasteiger partial charge in [-0.25, -0.2) is 0 Å². The molecule has 0 aliphatic rings. The third kappa shape index (κ3) is 3.81. The van der Waals surface area contributed by atoms with E-state index in [4.69, 9.17) is 28.9 Å². The van der Waals surface area contributed by atoms with Crippen molar-refractivity contribution in [3.63, 3.8) is 0 Å².